The Labute approximate surface area is 127 Å². The lowest BCUT2D eigenvalue weighted by molar-refractivity contribution is -0.161. The number of amides is 2. The molecule has 3 fully saturated rings. The van der Waals surface area contributed by atoms with Crippen molar-refractivity contribution in [3.05, 3.63) is 0 Å². The summed E-state index contributed by atoms with van der Waals surface area (Å²) >= 11 is 0. The SMILES string of the molecule is CC(C)(C)C1C(=O)NC(C)(C2CC2)C(=O)N1CC1CCC1. The van der Waals surface area contributed by atoms with Crippen LogP contribution in [-0.4, -0.2) is 34.8 Å². The van der Waals surface area contributed by atoms with Gasteiger partial charge in [0.05, 0.1) is 0 Å². The second kappa shape index (κ2) is 4.72. The molecule has 118 valence electrons. The molecule has 0 radical (unpaired) electrons. The molecular formula is C17H28N2O2. The van der Waals surface area contributed by atoms with Crippen LogP contribution in [0, 0.1) is 17.3 Å². The molecule has 21 heavy (non-hydrogen) atoms. The average Bonchev–Trinajstić information content (AvgIpc) is 3.11. The maximum atomic E-state index is 13.1. The van der Waals surface area contributed by atoms with Crippen molar-refractivity contribution in [2.24, 2.45) is 17.3 Å². The number of hydrogen-bond acceptors (Lipinski definition) is 2. The van der Waals surface area contributed by atoms with Crippen LogP contribution in [0.2, 0.25) is 0 Å². The van der Waals surface area contributed by atoms with E-state index in [-0.39, 0.29) is 23.3 Å². The molecule has 0 bridgehead atoms. The Bertz CT molecular complexity index is 460. The highest BCUT2D eigenvalue weighted by Crippen LogP contribution is 2.44. The molecule has 1 aliphatic heterocycles. The third-order valence-electron chi connectivity index (χ3n) is 5.54. The van der Waals surface area contributed by atoms with E-state index < -0.39 is 5.54 Å². The monoisotopic (exact) mass is 292 g/mol. The Kier molecular flexibility index (Phi) is 3.34. The second-order valence-electron chi connectivity index (χ2n) is 8.49. The molecule has 0 aromatic carbocycles. The van der Waals surface area contributed by atoms with E-state index in [0.717, 1.165) is 19.4 Å². The maximum Gasteiger partial charge on any atom is 0.249 e. The lowest BCUT2D eigenvalue weighted by atomic mass is 9.77. The predicted octanol–water partition coefficient (Wildman–Crippen LogP) is 2.33. The third kappa shape index (κ3) is 2.47. The van der Waals surface area contributed by atoms with Gasteiger partial charge in [-0.3, -0.25) is 9.59 Å². The van der Waals surface area contributed by atoms with E-state index in [4.69, 9.17) is 0 Å². The summed E-state index contributed by atoms with van der Waals surface area (Å²) < 4.78 is 0. The van der Waals surface area contributed by atoms with Gasteiger partial charge in [-0.15, -0.1) is 0 Å². The van der Waals surface area contributed by atoms with E-state index >= 15 is 0 Å². The van der Waals surface area contributed by atoms with Gasteiger partial charge in [-0.2, -0.15) is 0 Å². The van der Waals surface area contributed by atoms with Gasteiger partial charge in [0.25, 0.3) is 0 Å². The van der Waals surface area contributed by atoms with E-state index in [1.165, 1.54) is 19.3 Å². The van der Waals surface area contributed by atoms with E-state index in [9.17, 15) is 9.59 Å². The molecule has 0 aromatic heterocycles. The van der Waals surface area contributed by atoms with Crippen molar-refractivity contribution in [3.63, 3.8) is 0 Å². The van der Waals surface area contributed by atoms with Crippen LogP contribution in [0.15, 0.2) is 0 Å². The van der Waals surface area contributed by atoms with E-state index in [1.54, 1.807) is 0 Å². The number of hydrogen-bond donors (Lipinski definition) is 1. The largest absolute Gasteiger partial charge is 0.340 e. The summed E-state index contributed by atoms with van der Waals surface area (Å²) in [5.41, 5.74) is -0.892. The van der Waals surface area contributed by atoms with Crippen LogP contribution in [0.4, 0.5) is 0 Å². The van der Waals surface area contributed by atoms with Gasteiger partial charge in [0.1, 0.15) is 11.6 Å². The quantitative estimate of drug-likeness (QED) is 0.868. The Morgan fingerprint density at radius 2 is 1.81 bits per heavy atom. The number of nitrogens with zero attached hydrogens (tertiary/aromatic N) is 1. The van der Waals surface area contributed by atoms with Gasteiger partial charge in [-0.1, -0.05) is 27.2 Å². The summed E-state index contributed by atoms with van der Waals surface area (Å²) in [7, 11) is 0. The molecule has 2 atom stereocenters. The first-order chi connectivity index (χ1) is 9.73. The van der Waals surface area contributed by atoms with Gasteiger partial charge in [0.2, 0.25) is 11.8 Å². The van der Waals surface area contributed by atoms with Crippen molar-refractivity contribution >= 4 is 11.8 Å². The summed E-state index contributed by atoms with van der Waals surface area (Å²) in [6.07, 6.45) is 5.77. The van der Waals surface area contributed by atoms with Crippen LogP contribution in [0.25, 0.3) is 0 Å². The van der Waals surface area contributed by atoms with E-state index in [1.807, 2.05) is 11.8 Å². The first-order valence-electron chi connectivity index (χ1n) is 8.36. The fourth-order valence-corrected chi connectivity index (χ4v) is 3.87. The number of carbonyl (C=O) groups excluding carboxylic acids is 2. The topological polar surface area (TPSA) is 49.4 Å². The zero-order valence-electron chi connectivity index (χ0n) is 13.7. The molecule has 2 unspecified atom stereocenters. The maximum absolute atomic E-state index is 13.1. The molecule has 3 aliphatic rings. The zero-order valence-corrected chi connectivity index (χ0v) is 13.7. The van der Waals surface area contributed by atoms with Gasteiger partial charge in [-0.25, -0.2) is 0 Å². The molecule has 1 saturated heterocycles. The summed E-state index contributed by atoms with van der Waals surface area (Å²) in [4.78, 5) is 27.8. The zero-order chi connectivity index (χ0) is 15.4. The fraction of sp³-hybridized carbons (Fsp3) is 0.882. The minimum Gasteiger partial charge on any atom is -0.340 e. The van der Waals surface area contributed by atoms with Crippen molar-refractivity contribution in [1.82, 2.24) is 10.2 Å². The van der Waals surface area contributed by atoms with E-state index in [2.05, 4.69) is 26.1 Å². The minimum atomic E-state index is -0.664. The van der Waals surface area contributed by atoms with Crippen molar-refractivity contribution in [2.75, 3.05) is 6.54 Å². The van der Waals surface area contributed by atoms with Crippen molar-refractivity contribution < 1.29 is 9.59 Å². The molecular weight excluding hydrogens is 264 g/mol. The smallest absolute Gasteiger partial charge is 0.249 e. The van der Waals surface area contributed by atoms with Crippen molar-refractivity contribution in [1.29, 1.82) is 0 Å². The minimum absolute atomic E-state index is 0.0378. The lowest BCUT2D eigenvalue weighted by Gasteiger charge is -2.50. The molecule has 2 saturated carbocycles. The Hall–Kier alpha value is -1.06. The number of nitrogens with one attached hydrogen (secondary N) is 1. The van der Waals surface area contributed by atoms with Crippen LogP contribution in [0.1, 0.15) is 59.8 Å². The van der Waals surface area contributed by atoms with Gasteiger partial charge in [0, 0.05) is 6.54 Å². The van der Waals surface area contributed by atoms with Crippen LogP contribution in [0.3, 0.4) is 0 Å². The number of rotatable bonds is 3. The summed E-state index contributed by atoms with van der Waals surface area (Å²) in [5, 5.41) is 3.07. The summed E-state index contributed by atoms with van der Waals surface area (Å²) in [6.45, 7) is 8.85. The van der Waals surface area contributed by atoms with Gasteiger partial charge in [0.15, 0.2) is 0 Å². The second-order valence-corrected chi connectivity index (χ2v) is 8.49. The van der Waals surface area contributed by atoms with Crippen LogP contribution < -0.4 is 5.32 Å². The predicted molar refractivity (Wildman–Crippen MR) is 81.6 cm³/mol. The Morgan fingerprint density at radius 1 is 1.19 bits per heavy atom. The van der Waals surface area contributed by atoms with Crippen LogP contribution in [0.5, 0.6) is 0 Å². The molecule has 0 spiro atoms. The summed E-state index contributed by atoms with van der Waals surface area (Å²) in [5.74, 6) is 1.11. The first kappa shape index (κ1) is 14.9. The molecule has 0 aromatic rings. The standard InChI is InChI=1S/C17H28N2O2/c1-16(2,3)13-14(20)18-17(4,12-8-9-12)15(21)19(13)10-11-6-5-7-11/h11-13H,5-10H2,1-4H3,(H,18,20). The molecule has 1 N–H and O–H groups in total. The van der Waals surface area contributed by atoms with Gasteiger partial charge in [-0.05, 0) is 49.9 Å². The van der Waals surface area contributed by atoms with E-state index in [0.29, 0.717) is 11.8 Å². The first-order valence-corrected chi connectivity index (χ1v) is 8.36. The molecule has 3 rings (SSSR count). The molecule has 4 nitrogen and oxygen atoms in total. The van der Waals surface area contributed by atoms with Gasteiger partial charge >= 0.3 is 0 Å². The molecule has 1 heterocycles. The highest BCUT2D eigenvalue weighted by atomic mass is 16.2. The fourth-order valence-electron chi connectivity index (χ4n) is 3.87. The molecule has 2 aliphatic carbocycles. The normalized spacial score (nSPS) is 34.7. The van der Waals surface area contributed by atoms with Crippen molar-refractivity contribution in [2.45, 2.75) is 71.4 Å². The third-order valence-corrected chi connectivity index (χ3v) is 5.54. The number of piperazine rings is 1. The number of carbonyl (C=O) groups is 2. The lowest BCUT2D eigenvalue weighted by Crippen LogP contribution is -2.73. The average molecular weight is 292 g/mol. The highest BCUT2D eigenvalue weighted by molar-refractivity contribution is 6.00. The van der Waals surface area contributed by atoms with Crippen molar-refractivity contribution in [3.8, 4) is 0 Å². The highest BCUT2D eigenvalue weighted by Gasteiger charge is 2.57. The van der Waals surface area contributed by atoms with Crippen LogP contribution >= 0.6 is 0 Å². The Balaban J connectivity index is 1.89. The summed E-state index contributed by atoms with van der Waals surface area (Å²) in [6, 6.07) is -0.336. The molecule has 2 amide bonds. The Morgan fingerprint density at radius 3 is 2.24 bits per heavy atom. The molecule has 4 heteroatoms. The van der Waals surface area contributed by atoms with Gasteiger partial charge < -0.3 is 10.2 Å². The van der Waals surface area contributed by atoms with Crippen LogP contribution in [-0.2, 0) is 9.59 Å².